The molecule has 0 aromatic heterocycles. The Kier molecular flexibility index (Phi) is 70.9. The van der Waals surface area contributed by atoms with Crippen LogP contribution in [0.5, 0.6) is 0 Å². The molecule has 0 aliphatic heterocycles. The third-order valence-corrected chi connectivity index (χ3v) is 17.7. The van der Waals surface area contributed by atoms with E-state index in [-0.39, 0.29) is 18.5 Å². The molecule has 3 N–H and O–H groups in total. The van der Waals surface area contributed by atoms with E-state index in [1.165, 1.54) is 347 Å². The summed E-state index contributed by atoms with van der Waals surface area (Å²) >= 11 is 0. The molecule has 0 spiro atoms. The quantitative estimate of drug-likeness (QED) is 0.0320. The Balaban J connectivity index is 3.37. The lowest BCUT2D eigenvalue weighted by Crippen LogP contribution is -2.45. The first kappa shape index (κ1) is 81.1. The summed E-state index contributed by atoms with van der Waals surface area (Å²) in [6.07, 6.45) is 93.9. The highest BCUT2D eigenvalue weighted by atomic mass is 16.5. The molecule has 2 unspecified atom stereocenters. The number of esters is 1. The second-order valence-corrected chi connectivity index (χ2v) is 26.0. The molecule has 0 aliphatic rings. The minimum Gasteiger partial charge on any atom is -0.466 e. The van der Waals surface area contributed by atoms with Gasteiger partial charge in [-0.05, 0) is 64.2 Å². The second-order valence-electron chi connectivity index (χ2n) is 26.0. The van der Waals surface area contributed by atoms with Gasteiger partial charge in [-0.2, -0.15) is 0 Å². The fraction of sp³-hybridized carbons (Fsp3) is 0.896. The van der Waals surface area contributed by atoms with Gasteiger partial charge in [-0.25, -0.2) is 0 Å². The van der Waals surface area contributed by atoms with Crippen LogP contribution in [0.3, 0.4) is 0 Å². The number of amides is 1. The number of aliphatic hydroxyl groups is 2. The molecule has 83 heavy (non-hydrogen) atoms. The van der Waals surface area contributed by atoms with Crippen LogP contribution in [0, 0.1) is 0 Å². The zero-order chi connectivity index (χ0) is 59.9. The van der Waals surface area contributed by atoms with Crippen molar-refractivity contribution in [3.05, 3.63) is 36.5 Å². The predicted octanol–water partition coefficient (Wildman–Crippen LogP) is 24.7. The van der Waals surface area contributed by atoms with Crippen molar-refractivity contribution >= 4 is 11.9 Å². The lowest BCUT2D eigenvalue weighted by atomic mass is 10.0. The molecule has 490 valence electrons. The summed E-state index contributed by atoms with van der Waals surface area (Å²) in [6, 6.07) is -0.626. The van der Waals surface area contributed by atoms with Gasteiger partial charge in [-0.3, -0.25) is 9.59 Å². The Morgan fingerprint density at radius 3 is 0.916 bits per heavy atom. The third-order valence-electron chi connectivity index (χ3n) is 17.7. The van der Waals surface area contributed by atoms with Crippen molar-refractivity contribution in [3.8, 4) is 0 Å². The maximum absolute atomic E-state index is 12.5. The van der Waals surface area contributed by atoms with E-state index in [1.54, 1.807) is 6.08 Å². The van der Waals surface area contributed by atoms with E-state index in [9.17, 15) is 19.8 Å². The summed E-state index contributed by atoms with van der Waals surface area (Å²) in [5.74, 6) is -0.0428. The summed E-state index contributed by atoms with van der Waals surface area (Å²) < 4.78 is 5.50. The van der Waals surface area contributed by atoms with Crippen molar-refractivity contribution in [2.45, 2.75) is 431 Å². The van der Waals surface area contributed by atoms with Gasteiger partial charge in [0, 0.05) is 12.8 Å². The minimum absolute atomic E-state index is 0.0200. The molecule has 0 bridgehead atoms. The van der Waals surface area contributed by atoms with E-state index in [2.05, 4.69) is 43.5 Å². The Hall–Kier alpha value is -1.92. The van der Waals surface area contributed by atoms with Crippen molar-refractivity contribution in [2.24, 2.45) is 0 Å². The molecular weight excluding hydrogens is 1020 g/mol. The number of hydrogen-bond acceptors (Lipinski definition) is 5. The molecule has 6 heteroatoms. The summed E-state index contributed by atoms with van der Waals surface area (Å²) in [7, 11) is 0. The smallest absolute Gasteiger partial charge is 0.305 e. The van der Waals surface area contributed by atoms with Crippen molar-refractivity contribution < 1.29 is 24.5 Å². The number of carbonyl (C=O) groups excluding carboxylic acids is 2. The number of aliphatic hydroxyl groups excluding tert-OH is 2. The standard InChI is InChI=1S/C77H147NO5/c1-3-5-7-9-11-13-15-17-19-42-45-49-53-57-61-65-69-75(80)74(73-79)78-76(81)70-66-62-58-54-50-46-43-39-37-35-33-31-29-27-25-23-21-20-22-24-26-28-30-32-34-36-38-40-44-48-52-56-60-64-68-72-83-77(82)71-67-63-59-55-51-47-41-18-16-14-12-10-8-6-4-2/h22,24,28,30,65,69,74-75,79-80H,3-21,23,25-27,29,31-64,66-68,70-73H2,1-2H3,(H,78,81)/b24-22-,30-28-,69-65+. The molecule has 6 nitrogen and oxygen atoms in total. The van der Waals surface area contributed by atoms with Crippen molar-refractivity contribution in [2.75, 3.05) is 13.2 Å². The van der Waals surface area contributed by atoms with Crippen LogP contribution in [0.4, 0.5) is 0 Å². The van der Waals surface area contributed by atoms with Crippen LogP contribution in [-0.4, -0.2) is 47.4 Å². The van der Waals surface area contributed by atoms with Crippen LogP contribution in [0.1, 0.15) is 418 Å². The number of rotatable bonds is 71. The number of allylic oxidation sites excluding steroid dienone is 5. The van der Waals surface area contributed by atoms with E-state index < -0.39 is 12.1 Å². The summed E-state index contributed by atoms with van der Waals surface area (Å²) in [5.41, 5.74) is 0. The molecule has 0 rings (SSSR count). The SMILES string of the molecule is CCCCCCCCCCCCCCCC/C=C/C(O)C(CO)NC(=O)CCCCCCCCCCCCCCCCCCC/C=C\C/C=C\CCCCCCCCCCCCCOC(=O)CCCCCCCCCCCCCCCCC. The van der Waals surface area contributed by atoms with E-state index in [0.29, 0.717) is 19.4 Å². The van der Waals surface area contributed by atoms with Crippen LogP contribution >= 0.6 is 0 Å². The first-order valence-electron chi connectivity index (χ1n) is 37.8. The zero-order valence-electron chi connectivity index (χ0n) is 56.2. The minimum atomic E-state index is -0.843. The predicted molar refractivity (Wildman–Crippen MR) is 366 cm³/mol. The molecule has 0 saturated carbocycles. The van der Waals surface area contributed by atoms with Gasteiger partial charge in [-0.15, -0.1) is 0 Å². The van der Waals surface area contributed by atoms with Gasteiger partial charge in [0.15, 0.2) is 0 Å². The van der Waals surface area contributed by atoms with Crippen molar-refractivity contribution in [1.29, 1.82) is 0 Å². The molecule has 0 aromatic rings. The summed E-state index contributed by atoms with van der Waals surface area (Å²) in [5, 5.41) is 23.2. The third kappa shape index (κ3) is 69.1. The number of nitrogens with one attached hydrogen (secondary N) is 1. The van der Waals surface area contributed by atoms with Gasteiger partial charge in [0.25, 0.3) is 0 Å². The fourth-order valence-corrected chi connectivity index (χ4v) is 11.9. The molecule has 0 aliphatic carbocycles. The first-order chi connectivity index (χ1) is 41.0. The number of unbranched alkanes of at least 4 members (excludes halogenated alkanes) is 56. The van der Waals surface area contributed by atoms with E-state index >= 15 is 0 Å². The molecule has 0 aromatic carbocycles. The lowest BCUT2D eigenvalue weighted by Gasteiger charge is -2.20. The molecule has 0 heterocycles. The second kappa shape index (κ2) is 72.6. The molecule has 0 saturated heterocycles. The van der Waals surface area contributed by atoms with Gasteiger partial charge < -0.3 is 20.3 Å². The highest BCUT2D eigenvalue weighted by Gasteiger charge is 2.18. The van der Waals surface area contributed by atoms with Gasteiger partial charge in [0.05, 0.1) is 25.4 Å². The number of ether oxygens (including phenoxy) is 1. The fourth-order valence-electron chi connectivity index (χ4n) is 11.9. The Bertz CT molecular complexity index is 1340. The average Bonchev–Trinajstić information content (AvgIpc) is 3.49. The van der Waals surface area contributed by atoms with Crippen LogP contribution in [-0.2, 0) is 14.3 Å². The Morgan fingerprint density at radius 2 is 0.602 bits per heavy atom. The van der Waals surface area contributed by atoms with Crippen LogP contribution < -0.4 is 5.32 Å². The highest BCUT2D eigenvalue weighted by Crippen LogP contribution is 2.19. The lowest BCUT2D eigenvalue weighted by molar-refractivity contribution is -0.143. The first-order valence-corrected chi connectivity index (χ1v) is 37.8. The van der Waals surface area contributed by atoms with E-state index in [0.717, 1.165) is 44.9 Å². The highest BCUT2D eigenvalue weighted by molar-refractivity contribution is 5.76. The normalized spacial score (nSPS) is 12.7. The van der Waals surface area contributed by atoms with Gasteiger partial charge >= 0.3 is 5.97 Å². The van der Waals surface area contributed by atoms with E-state index in [4.69, 9.17) is 4.74 Å². The monoisotopic (exact) mass is 1170 g/mol. The van der Waals surface area contributed by atoms with Crippen molar-refractivity contribution in [3.63, 3.8) is 0 Å². The maximum atomic E-state index is 12.5. The zero-order valence-corrected chi connectivity index (χ0v) is 56.2. The van der Waals surface area contributed by atoms with E-state index in [1.807, 2.05) is 6.08 Å². The molecule has 0 fully saturated rings. The average molecular weight is 1170 g/mol. The molecule has 1 amide bonds. The molecule has 2 atom stereocenters. The van der Waals surface area contributed by atoms with Crippen molar-refractivity contribution in [1.82, 2.24) is 5.32 Å². The summed E-state index contributed by atoms with van der Waals surface area (Å²) in [4.78, 5) is 24.6. The Morgan fingerprint density at radius 1 is 0.337 bits per heavy atom. The number of hydrogen-bond donors (Lipinski definition) is 3. The topological polar surface area (TPSA) is 95.9 Å². The van der Waals surface area contributed by atoms with Gasteiger partial charge in [-0.1, -0.05) is 378 Å². The van der Waals surface area contributed by atoms with Crippen LogP contribution in [0.2, 0.25) is 0 Å². The molecular formula is C77H147NO5. The van der Waals surface area contributed by atoms with Gasteiger partial charge in [0.1, 0.15) is 0 Å². The molecule has 0 radical (unpaired) electrons. The maximum Gasteiger partial charge on any atom is 0.305 e. The van der Waals surface area contributed by atoms with Crippen LogP contribution in [0.25, 0.3) is 0 Å². The van der Waals surface area contributed by atoms with Gasteiger partial charge in [0.2, 0.25) is 5.91 Å². The Labute approximate surface area is 519 Å². The largest absolute Gasteiger partial charge is 0.466 e. The van der Waals surface area contributed by atoms with Crippen LogP contribution in [0.15, 0.2) is 36.5 Å². The summed E-state index contributed by atoms with van der Waals surface area (Å²) in [6.45, 7) is 4.94. The number of carbonyl (C=O) groups is 2.